The minimum absolute atomic E-state index is 0.129. The summed E-state index contributed by atoms with van der Waals surface area (Å²) in [6, 6.07) is 11.2. The van der Waals surface area contributed by atoms with Gasteiger partial charge in [0.2, 0.25) is 5.95 Å². The van der Waals surface area contributed by atoms with Gasteiger partial charge in [0, 0.05) is 35.3 Å². The van der Waals surface area contributed by atoms with Crippen molar-refractivity contribution in [2.45, 2.75) is 20.4 Å². The Hall–Kier alpha value is -3.55. The molecular weight excluding hydrogens is 362 g/mol. The number of hydrogen-bond acceptors (Lipinski definition) is 5. The zero-order chi connectivity index (χ0) is 19.7. The summed E-state index contributed by atoms with van der Waals surface area (Å²) in [6.07, 6.45) is 0. The van der Waals surface area contributed by atoms with Crippen LogP contribution in [0.25, 0.3) is 10.9 Å². The van der Waals surface area contributed by atoms with E-state index in [1.165, 1.54) is 12.1 Å². The zero-order valence-electron chi connectivity index (χ0n) is 15.3. The lowest BCUT2D eigenvalue weighted by atomic mass is 10.1. The predicted octanol–water partition coefficient (Wildman–Crippen LogP) is 4.60. The molecule has 0 saturated heterocycles. The highest BCUT2D eigenvalue weighted by Gasteiger charge is 2.11. The van der Waals surface area contributed by atoms with Gasteiger partial charge in [-0.25, -0.2) is 13.8 Å². The minimum Gasteiger partial charge on any atom is -0.350 e. The number of hydrogen-bond donors (Lipinski definition) is 3. The van der Waals surface area contributed by atoms with Crippen LogP contribution in [-0.2, 0) is 6.54 Å². The van der Waals surface area contributed by atoms with Crippen molar-refractivity contribution in [1.29, 1.82) is 0 Å². The third kappa shape index (κ3) is 3.75. The van der Waals surface area contributed by atoms with Crippen LogP contribution in [0.5, 0.6) is 0 Å². The molecule has 28 heavy (non-hydrogen) atoms. The van der Waals surface area contributed by atoms with Gasteiger partial charge >= 0.3 is 0 Å². The van der Waals surface area contributed by atoms with E-state index in [2.05, 4.69) is 30.8 Å². The second-order valence-corrected chi connectivity index (χ2v) is 6.57. The van der Waals surface area contributed by atoms with Gasteiger partial charge in [0.25, 0.3) is 0 Å². The third-order valence-corrected chi connectivity index (χ3v) is 4.26. The Labute approximate surface area is 160 Å². The molecule has 6 nitrogen and oxygen atoms in total. The summed E-state index contributed by atoms with van der Waals surface area (Å²) < 4.78 is 27.0. The van der Waals surface area contributed by atoms with Crippen molar-refractivity contribution in [2.24, 2.45) is 0 Å². The van der Waals surface area contributed by atoms with Gasteiger partial charge in [0.15, 0.2) is 5.82 Å². The Morgan fingerprint density at radius 2 is 1.86 bits per heavy atom. The maximum absolute atomic E-state index is 13.9. The molecule has 0 radical (unpaired) electrons. The molecule has 0 aliphatic heterocycles. The van der Waals surface area contributed by atoms with Gasteiger partial charge in [-0.3, -0.25) is 5.10 Å². The van der Waals surface area contributed by atoms with Gasteiger partial charge in [-0.05, 0) is 37.6 Å². The number of nitrogens with zero attached hydrogens (tertiary/aromatic N) is 3. The summed E-state index contributed by atoms with van der Waals surface area (Å²) in [5.41, 5.74) is 3.05. The Morgan fingerprint density at radius 1 is 1.00 bits per heavy atom. The fraction of sp³-hybridized carbons (Fsp3) is 0.150. The molecule has 0 bridgehead atoms. The number of aromatic amines is 1. The molecule has 4 aromatic rings. The average molecular weight is 380 g/mol. The monoisotopic (exact) mass is 380 g/mol. The number of rotatable bonds is 5. The smallest absolute Gasteiger partial charge is 0.225 e. The van der Waals surface area contributed by atoms with E-state index in [1.807, 2.05) is 38.1 Å². The van der Waals surface area contributed by atoms with Gasteiger partial charge in [0.05, 0.1) is 5.52 Å². The number of anilines is 3. The largest absolute Gasteiger partial charge is 0.350 e. The number of aromatic nitrogens is 4. The molecule has 0 saturated carbocycles. The maximum atomic E-state index is 13.9. The van der Waals surface area contributed by atoms with Crippen molar-refractivity contribution in [1.82, 2.24) is 20.2 Å². The van der Waals surface area contributed by atoms with Gasteiger partial charge in [0.1, 0.15) is 17.5 Å². The molecule has 0 unspecified atom stereocenters. The Balaban J connectivity index is 1.67. The van der Waals surface area contributed by atoms with Gasteiger partial charge in [-0.2, -0.15) is 10.1 Å². The van der Waals surface area contributed by atoms with Gasteiger partial charge in [-0.1, -0.05) is 12.1 Å². The highest BCUT2D eigenvalue weighted by molar-refractivity contribution is 5.91. The Morgan fingerprint density at radius 3 is 2.61 bits per heavy atom. The van der Waals surface area contributed by atoms with Crippen LogP contribution < -0.4 is 10.6 Å². The molecule has 0 amide bonds. The molecule has 8 heteroatoms. The Kier molecular flexibility index (Phi) is 4.60. The number of halogens is 2. The van der Waals surface area contributed by atoms with E-state index in [0.717, 1.165) is 28.2 Å². The fourth-order valence-electron chi connectivity index (χ4n) is 2.86. The standard InChI is InChI=1S/C20H18F2N6/c1-11-3-6-15-17(7-11)24-20(23-10-13-4-5-14(21)9-16(13)22)26-19(15)25-18-8-12(2)27-28-18/h3-9H,10H2,1-2H3,(H3,23,24,25,26,27,28). The first-order valence-corrected chi connectivity index (χ1v) is 8.73. The first-order valence-electron chi connectivity index (χ1n) is 8.73. The first-order chi connectivity index (χ1) is 13.5. The lowest BCUT2D eigenvalue weighted by molar-refractivity contribution is 0.574. The second kappa shape index (κ2) is 7.22. The van der Waals surface area contributed by atoms with E-state index in [4.69, 9.17) is 0 Å². The van der Waals surface area contributed by atoms with E-state index in [0.29, 0.717) is 23.1 Å². The van der Waals surface area contributed by atoms with Crippen molar-refractivity contribution in [2.75, 3.05) is 10.6 Å². The molecule has 4 rings (SSSR count). The van der Waals surface area contributed by atoms with Crippen LogP contribution in [-0.4, -0.2) is 20.2 Å². The maximum Gasteiger partial charge on any atom is 0.225 e. The van der Waals surface area contributed by atoms with Crippen LogP contribution in [0, 0.1) is 25.5 Å². The summed E-state index contributed by atoms with van der Waals surface area (Å²) in [7, 11) is 0. The van der Waals surface area contributed by atoms with Crippen molar-refractivity contribution >= 4 is 28.5 Å². The van der Waals surface area contributed by atoms with Crippen molar-refractivity contribution in [3.8, 4) is 0 Å². The van der Waals surface area contributed by atoms with E-state index < -0.39 is 11.6 Å². The predicted molar refractivity (Wildman–Crippen MR) is 105 cm³/mol. The molecule has 0 aliphatic rings. The van der Waals surface area contributed by atoms with Gasteiger partial charge < -0.3 is 10.6 Å². The second-order valence-electron chi connectivity index (χ2n) is 6.57. The normalized spacial score (nSPS) is 11.0. The van der Waals surface area contributed by atoms with Crippen LogP contribution in [0.15, 0.2) is 42.5 Å². The van der Waals surface area contributed by atoms with Crippen molar-refractivity contribution in [3.63, 3.8) is 0 Å². The summed E-state index contributed by atoms with van der Waals surface area (Å²) in [5, 5.41) is 14.1. The molecule has 0 spiro atoms. The third-order valence-electron chi connectivity index (χ3n) is 4.26. The van der Waals surface area contributed by atoms with E-state index in [-0.39, 0.29) is 6.54 Å². The lowest BCUT2D eigenvalue weighted by Crippen LogP contribution is -2.07. The quantitative estimate of drug-likeness (QED) is 0.471. The summed E-state index contributed by atoms with van der Waals surface area (Å²) in [5.74, 6) is 0.317. The molecule has 0 fully saturated rings. The lowest BCUT2D eigenvalue weighted by Gasteiger charge is -2.11. The molecule has 2 aromatic carbocycles. The number of fused-ring (bicyclic) bond motifs is 1. The van der Waals surface area contributed by atoms with Crippen LogP contribution in [0.4, 0.5) is 26.4 Å². The highest BCUT2D eigenvalue weighted by Crippen LogP contribution is 2.26. The van der Waals surface area contributed by atoms with Crippen LogP contribution in [0.2, 0.25) is 0 Å². The summed E-state index contributed by atoms with van der Waals surface area (Å²) in [4.78, 5) is 9.03. The topological polar surface area (TPSA) is 78.5 Å². The molecule has 3 N–H and O–H groups in total. The molecule has 0 aliphatic carbocycles. The van der Waals surface area contributed by atoms with Crippen LogP contribution in [0.3, 0.4) is 0 Å². The molecular formula is C20H18F2N6. The van der Waals surface area contributed by atoms with E-state index in [1.54, 1.807) is 0 Å². The zero-order valence-corrected chi connectivity index (χ0v) is 15.3. The van der Waals surface area contributed by atoms with Crippen LogP contribution >= 0.6 is 0 Å². The minimum atomic E-state index is -0.616. The van der Waals surface area contributed by atoms with Crippen LogP contribution in [0.1, 0.15) is 16.8 Å². The fourth-order valence-corrected chi connectivity index (χ4v) is 2.86. The molecule has 2 aromatic heterocycles. The van der Waals surface area contributed by atoms with E-state index in [9.17, 15) is 8.78 Å². The number of benzene rings is 2. The highest BCUT2D eigenvalue weighted by atomic mass is 19.1. The Bertz CT molecular complexity index is 1150. The first kappa shape index (κ1) is 17.8. The number of aryl methyl sites for hydroxylation is 2. The van der Waals surface area contributed by atoms with E-state index >= 15 is 0 Å². The van der Waals surface area contributed by atoms with Crippen molar-refractivity contribution < 1.29 is 8.78 Å². The number of nitrogens with one attached hydrogen (secondary N) is 3. The molecule has 2 heterocycles. The molecule has 142 valence electrons. The van der Waals surface area contributed by atoms with Gasteiger partial charge in [-0.15, -0.1) is 0 Å². The average Bonchev–Trinajstić information content (AvgIpc) is 3.05. The summed E-state index contributed by atoms with van der Waals surface area (Å²) in [6.45, 7) is 4.01. The SMILES string of the molecule is Cc1ccc2c(Nc3cc(C)[nH]n3)nc(NCc3ccc(F)cc3F)nc2c1. The van der Waals surface area contributed by atoms with Crippen molar-refractivity contribution in [3.05, 3.63) is 70.9 Å². The molecule has 0 atom stereocenters. The number of H-pyrrole nitrogens is 1. The summed E-state index contributed by atoms with van der Waals surface area (Å²) >= 11 is 0.